The average Bonchev–Trinajstić information content (AvgIpc) is 2.57. The molecule has 0 aliphatic rings. The molecular formula is C19H20F2N2. The topological polar surface area (TPSA) is 24.4 Å². The minimum absolute atomic E-state index is 0.196. The Labute approximate surface area is 135 Å². The summed E-state index contributed by atoms with van der Waals surface area (Å²) in [5, 5.41) is 3.17. The highest BCUT2D eigenvalue weighted by molar-refractivity contribution is 5.97. The fourth-order valence-corrected chi connectivity index (χ4v) is 2.11. The molecule has 0 aromatic heterocycles. The molecule has 0 aliphatic heterocycles. The number of alkyl halides is 2. The zero-order chi connectivity index (χ0) is 16.3. The number of anilines is 1. The first-order valence-electron chi connectivity index (χ1n) is 7.59. The lowest BCUT2D eigenvalue weighted by atomic mass is 10.2. The van der Waals surface area contributed by atoms with Crippen LogP contribution >= 0.6 is 0 Å². The van der Waals surface area contributed by atoms with Gasteiger partial charge in [0.2, 0.25) is 0 Å². The molecule has 0 spiro atoms. The van der Waals surface area contributed by atoms with Crippen molar-refractivity contribution in [2.24, 2.45) is 4.99 Å². The zero-order valence-electron chi connectivity index (χ0n) is 12.9. The molecule has 0 radical (unpaired) electrons. The molecule has 0 fully saturated rings. The number of aliphatic imine (C=N–C) groups is 1. The molecule has 2 aromatic carbocycles. The number of hydrogen-bond donors (Lipinski definition) is 1. The van der Waals surface area contributed by atoms with Gasteiger partial charge in [-0.15, -0.1) is 0 Å². The summed E-state index contributed by atoms with van der Waals surface area (Å²) in [5.41, 5.74) is 2.89. The van der Waals surface area contributed by atoms with Gasteiger partial charge in [0.1, 0.15) is 0 Å². The van der Waals surface area contributed by atoms with Gasteiger partial charge >= 0.3 is 0 Å². The molecule has 2 nitrogen and oxygen atoms in total. The molecule has 23 heavy (non-hydrogen) atoms. The van der Waals surface area contributed by atoms with Crippen molar-refractivity contribution >= 4 is 17.1 Å². The van der Waals surface area contributed by atoms with Gasteiger partial charge in [0.05, 0.1) is 19.0 Å². The van der Waals surface area contributed by atoms with Gasteiger partial charge in [-0.05, 0) is 30.3 Å². The third kappa shape index (κ3) is 6.02. The maximum absolute atomic E-state index is 12.8. The molecule has 4 heteroatoms. The summed E-state index contributed by atoms with van der Waals surface area (Å²) in [5.74, 6) is 0. The van der Waals surface area contributed by atoms with Crippen LogP contribution in [0.5, 0.6) is 0 Å². The molecule has 2 aromatic rings. The van der Waals surface area contributed by atoms with Crippen molar-refractivity contribution in [3.63, 3.8) is 0 Å². The second-order valence-electron chi connectivity index (χ2n) is 4.98. The van der Waals surface area contributed by atoms with E-state index < -0.39 is 13.3 Å². The van der Waals surface area contributed by atoms with Crippen molar-refractivity contribution in [3.8, 4) is 0 Å². The van der Waals surface area contributed by atoms with Gasteiger partial charge in [-0.1, -0.05) is 36.4 Å². The van der Waals surface area contributed by atoms with Crippen LogP contribution in [0.4, 0.5) is 20.2 Å². The number of nitrogens with zero attached hydrogens (tertiary/aromatic N) is 1. The number of rotatable bonds is 8. The first-order valence-corrected chi connectivity index (χ1v) is 7.59. The van der Waals surface area contributed by atoms with E-state index in [0.29, 0.717) is 11.4 Å². The quantitative estimate of drug-likeness (QED) is 0.642. The highest BCUT2D eigenvalue weighted by atomic mass is 19.1. The maximum Gasteiger partial charge on any atom is 0.0949 e. The van der Waals surface area contributed by atoms with Crippen LogP contribution in [-0.4, -0.2) is 19.1 Å². The van der Waals surface area contributed by atoms with Crippen LogP contribution in [0.3, 0.4) is 0 Å². The highest BCUT2D eigenvalue weighted by Gasteiger charge is 2.03. The maximum atomic E-state index is 12.8. The van der Waals surface area contributed by atoms with Crippen LogP contribution in [0.15, 0.2) is 77.4 Å². The van der Waals surface area contributed by atoms with Crippen LogP contribution in [0.25, 0.3) is 0 Å². The Hall–Kier alpha value is -2.49. The standard InChI is InChI=1S/C19H20F2N2/c20-13-11-18(22-16-7-3-1-4-8-16)15-19(12-14-21)23-17-9-5-2-6-10-17/h1-10,15,22H,11-14H2/b18-15-,23-19+. The molecule has 0 aliphatic carbocycles. The lowest BCUT2D eigenvalue weighted by molar-refractivity contribution is 0.494. The summed E-state index contributed by atoms with van der Waals surface area (Å²) < 4.78 is 25.6. The lowest BCUT2D eigenvalue weighted by Gasteiger charge is -2.10. The normalized spacial score (nSPS) is 12.3. The minimum Gasteiger partial charge on any atom is -0.359 e. The monoisotopic (exact) mass is 314 g/mol. The Balaban J connectivity index is 2.23. The van der Waals surface area contributed by atoms with Crippen LogP contribution in [0, 0.1) is 0 Å². The van der Waals surface area contributed by atoms with Crippen LogP contribution < -0.4 is 5.32 Å². The van der Waals surface area contributed by atoms with Gasteiger partial charge in [0.25, 0.3) is 0 Å². The molecule has 0 saturated heterocycles. The van der Waals surface area contributed by atoms with Crippen molar-refractivity contribution < 1.29 is 8.78 Å². The number of nitrogens with one attached hydrogen (secondary N) is 1. The Kier molecular flexibility index (Phi) is 6.98. The predicted molar refractivity (Wildman–Crippen MR) is 92.9 cm³/mol. The largest absolute Gasteiger partial charge is 0.359 e. The van der Waals surface area contributed by atoms with E-state index in [1.807, 2.05) is 60.7 Å². The molecular weight excluding hydrogens is 294 g/mol. The van der Waals surface area contributed by atoms with Crippen molar-refractivity contribution in [1.82, 2.24) is 0 Å². The molecule has 0 heterocycles. The fourth-order valence-electron chi connectivity index (χ4n) is 2.11. The summed E-state index contributed by atoms with van der Waals surface area (Å²) in [7, 11) is 0. The smallest absolute Gasteiger partial charge is 0.0949 e. The Morgan fingerprint density at radius 3 is 2.09 bits per heavy atom. The molecule has 0 unspecified atom stereocenters. The van der Waals surface area contributed by atoms with E-state index in [-0.39, 0.29) is 12.8 Å². The molecule has 0 amide bonds. The Morgan fingerprint density at radius 2 is 1.48 bits per heavy atom. The molecule has 0 saturated carbocycles. The van der Waals surface area contributed by atoms with Gasteiger partial charge in [-0.25, -0.2) is 0 Å². The van der Waals surface area contributed by atoms with Crippen molar-refractivity contribution in [1.29, 1.82) is 0 Å². The van der Waals surface area contributed by atoms with E-state index in [2.05, 4.69) is 10.3 Å². The summed E-state index contributed by atoms with van der Waals surface area (Å²) in [6, 6.07) is 18.9. The molecule has 1 N–H and O–H groups in total. The molecule has 0 atom stereocenters. The second kappa shape index (κ2) is 9.51. The summed E-state index contributed by atoms with van der Waals surface area (Å²) in [4.78, 5) is 4.45. The van der Waals surface area contributed by atoms with Crippen LogP contribution in [-0.2, 0) is 0 Å². The highest BCUT2D eigenvalue weighted by Crippen LogP contribution is 2.15. The first kappa shape index (κ1) is 16.9. The third-order valence-electron chi connectivity index (χ3n) is 3.16. The van der Waals surface area contributed by atoms with Gasteiger partial charge < -0.3 is 5.32 Å². The van der Waals surface area contributed by atoms with Crippen molar-refractivity contribution in [2.45, 2.75) is 12.8 Å². The minimum atomic E-state index is -0.504. The Bertz CT molecular complexity index is 637. The van der Waals surface area contributed by atoms with Crippen LogP contribution in [0.2, 0.25) is 0 Å². The summed E-state index contributed by atoms with van der Waals surface area (Å²) >= 11 is 0. The van der Waals surface area contributed by atoms with Gasteiger partial charge in [0, 0.05) is 29.9 Å². The second-order valence-corrected chi connectivity index (χ2v) is 4.98. The SMILES string of the molecule is FCC/C(=C/C(CCF)=N/c1ccccc1)Nc1ccccc1. The van der Waals surface area contributed by atoms with E-state index >= 15 is 0 Å². The average molecular weight is 314 g/mol. The summed E-state index contributed by atoms with van der Waals surface area (Å²) in [6.07, 6.45) is 2.16. The van der Waals surface area contributed by atoms with E-state index in [0.717, 1.165) is 11.4 Å². The molecule has 0 bridgehead atoms. The van der Waals surface area contributed by atoms with E-state index in [9.17, 15) is 8.78 Å². The number of hydrogen-bond acceptors (Lipinski definition) is 2. The first-order chi connectivity index (χ1) is 11.3. The Morgan fingerprint density at radius 1 is 0.870 bits per heavy atom. The molecule has 2 rings (SSSR count). The van der Waals surface area contributed by atoms with Gasteiger partial charge in [-0.3, -0.25) is 13.8 Å². The van der Waals surface area contributed by atoms with Crippen molar-refractivity contribution in [2.75, 3.05) is 18.7 Å². The number of para-hydroxylation sites is 2. The van der Waals surface area contributed by atoms with Crippen molar-refractivity contribution in [3.05, 3.63) is 72.4 Å². The van der Waals surface area contributed by atoms with E-state index in [1.165, 1.54) is 0 Å². The predicted octanol–water partition coefficient (Wildman–Crippen LogP) is 5.47. The number of halogens is 2. The summed E-state index contributed by atoms with van der Waals surface area (Å²) in [6.45, 7) is -0.990. The van der Waals surface area contributed by atoms with E-state index in [4.69, 9.17) is 0 Å². The van der Waals surface area contributed by atoms with Gasteiger partial charge in [0.15, 0.2) is 0 Å². The molecule has 120 valence electrons. The van der Waals surface area contributed by atoms with E-state index in [1.54, 1.807) is 6.08 Å². The number of benzene rings is 2. The lowest BCUT2D eigenvalue weighted by Crippen LogP contribution is -2.05. The van der Waals surface area contributed by atoms with Crippen LogP contribution in [0.1, 0.15) is 12.8 Å². The third-order valence-corrected chi connectivity index (χ3v) is 3.16. The fraction of sp³-hybridized carbons (Fsp3) is 0.211. The zero-order valence-corrected chi connectivity index (χ0v) is 12.9. The van der Waals surface area contributed by atoms with Gasteiger partial charge in [-0.2, -0.15) is 0 Å². The number of allylic oxidation sites excluding steroid dienone is 2.